The lowest BCUT2D eigenvalue weighted by Crippen LogP contribution is -1.87. The standard InChI is InChI=1S/C21H19NO/c1-3-14-8-10-15(11-9-14)16-12-19-21(20(23)13-16)17-6-4-5-7-18(17)22(19)2/h4-13,23H,3H2,1-2H3. The molecule has 1 heterocycles. The number of para-hydroxylation sites is 1. The third-order valence-electron chi connectivity index (χ3n) is 4.69. The van der Waals surface area contributed by atoms with Gasteiger partial charge in [-0.25, -0.2) is 0 Å². The Kier molecular flexibility index (Phi) is 3.12. The van der Waals surface area contributed by atoms with E-state index in [0.717, 1.165) is 39.4 Å². The molecular formula is C21H19NO. The fraction of sp³-hybridized carbons (Fsp3) is 0.143. The number of phenols is 1. The molecular weight excluding hydrogens is 282 g/mol. The van der Waals surface area contributed by atoms with Crippen molar-refractivity contribution >= 4 is 21.8 Å². The molecule has 2 heteroatoms. The van der Waals surface area contributed by atoms with Gasteiger partial charge in [-0.2, -0.15) is 0 Å². The van der Waals surface area contributed by atoms with Crippen molar-refractivity contribution < 1.29 is 5.11 Å². The molecule has 4 rings (SSSR count). The van der Waals surface area contributed by atoms with Crippen LogP contribution in [-0.4, -0.2) is 9.67 Å². The summed E-state index contributed by atoms with van der Waals surface area (Å²) in [6.45, 7) is 2.16. The van der Waals surface area contributed by atoms with Crippen LogP contribution in [0.2, 0.25) is 0 Å². The predicted molar refractivity (Wildman–Crippen MR) is 96.9 cm³/mol. The quantitative estimate of drug-likeness (QED) is 0.536. The highest BCUT2D eigenvalue weighted by Crippen LogP contribution is 2.38. The first-order valence-electron chi connectivity index (χ1n) is 7.98. The van der Waals surface area contributed by atoms with Crippen molar-refractivity contribution in [3.63, 3.8) is 0 Å². The zero-order valence-corrected chi connectivity index (χ0v) is 13.4. The molecule has 2 nitrogen and oxygen atoms in total. The molecule has 3 aromatic carbocycles. The Labute approximate surface area is 135 Å². The molecule has 0 atom stereocenters. The highest BCUT2D eigenvalue weighted by Gasteiger charge is 2.13. The van der Waals surface area contributed by atoms with Gasteiger partial charge >= 0.3 is 0 Å². The summed E-state index contributed by atoms with van der Waals surface area (Å²) >= 11 is 0. The van der Waals surface area contributed by atoms with Crippen LogP contribution < -0.4 is 0 Å². The van der Waals surface area contributed by atoms with E-state index in [1.165, 1.54) is 5.56 Å². The molecule has 0 aliphatic heterocycles. The Morgan fingerprint density at radius 1 is 0.870 bits per heavy atom. The van der Waals surface area contributed by atoms with E-state index in [-0.39, 0.29) is 0 Å². The zero-order chi connectivity index (χ0) is 16.0. The van der Waals surface area contributed by atoms with E-state index in [1.807, 2.05) is 25.2 Å². The first-order valence-corrected chi connectivity index (χ1v) is 7.98. The molecule has 0 aliphatic rings. The Bertz CT molecular complexity index is 1010. The molecule has 114 valence electrons. The lowest BCUT2D eigenvalue weighted by Gasteiger charge is -2.07. The molecule has 0 radical (unpaired) electrons. The largest absolute Gasteiger partial charge is 0.507 e. The fourth-order valence-electron chi connectivity index (χ4n) is 3.36. The maximum atomic E-state index is 10.6. The van der Waals surface area contributed by atoms with Crippen LogP contribution in [0.5, 0.6) is 5.75 Å². The van der Waals surface area contributed by atoms with Crippen molar-refractivity contribution in [2.75, 3.05) is 0 Å². The molecule has 0 bridgehead atoms. The third kappa shape index (κ3) is 2.10. The minimum Gasteiger partial charge on any atom is -0.507 e. The molecule has 0 unspecified atom stereocenters. The number of rotatable bonds is 2. The van der Waals surface area contributed by atoms with E-state index < -0.39 is 0 Å². The molecule has 0 saturated carbocycles. The van der Waals surface area contributed by atoms with Gasteiger partial charge in [0.2, 0.25) is 0 Å². The number of benzene rings is 3. The first-order chi connectivity index (χ1) is 11.2. The third-order valence-corrected chi connectivity index (χ3v) is 4.69. The lowest BCUT2D eigenvalue weighted by molar-refractivity contribution is 0.482. The maximum Gasteiger partial charge on any atom is 0.126 e. The monoisotopic (exact) mass is 301 g/mol. The van der Waals surface area contributed by atoms with E-state index in [4.69, 9.17) is 0 Å². The van der Waals surface area contributed by atoms with Crippen molar-refractivity contribution in [3.05, 3.63) is 66.2 Å². The fourth-order valence-corrected chi connectivity index (χ4v) is 3.36. The molecule has 1 aromatic heterocycles. The molecule has 1 N–H and O–H groups in total. The van der Waals surface area contributed by atoms with Crippen LogP contribution in [0.1, 0.15) is 12.5 Å². The van der Waals surface area contributed by atoms with E-state index in [1.54, 1.807) is 0 Å². The van der Waals surface area contributed by atoms with Gasteiger partial charge < -0.3 is 9.67 Å². The summed E-state index contributed by atoms with van der Waals surface area (Å²) in [5.41, 5.74) is 5.69. The number of hydrogen-bond donors (Lipinski definition) is 1. The Morgan fingerprint density at radius 2 is 1.61 bits per heavy atom. The van der Waals surface area contributed by atoms with E-state index >= 15 is 0 Å². The van der Waals surface area contributed by atoms with Gasteiger partial charge in [0.25, 0.3) is 0 Å². The Morgan fingerprint density at radius 3 is 2.35 bits per heavy atom. The zero-order valence-electron chi connectivity index (χ0n) is 13.4. The van der Waals surface area contributed by atoms with Gasteiger partial charge in [-0.3, -0.25) is 0 Å². The molecule has 0 saturated heterocycles. The predicted octanol–water partition coefficient (Wildman–Crippen LogP) is 5.27. The second-order valence-corrected chi connectivity index (χ2v) is 6.02. The summed E-state index contributed by atoms with van der Waals surface area (Å²) in [5, 5.41) is 12.6. The average molecular weight is 301 g/mol. The molecule has 4 aromatic rings. The molecule has 0 amide bonds. The van der Waals surface area contributed by atoms with E-state index in [0.29, 0.717) is 5.75 Å². The number of hydrogen-bond acceptors (Lipinski definition) is 1. The van der Waals surface area contributed by atoms with E-state index in [9.17, 15) is 5.11 Å². The van der Waals surface area contributed by atoms with Gasteiger partial charge in [0.15, 0.2) is 0 Å². The summed E-state index contributed by atoms with van der Waals surface area (Å²) in [6.07, 6.45) is 1.04. The van der Waals surface area contributed by atoms with Gasteiger partial charge in [0.1, 0.15) is 5.75 Å². The SMILES string of the molecule is CCc1ccc(-c2cc(O)c3c4ccccc4n(C)c3c2)cc1. The number of fused-ring (bicyclic) bond motifs is 3. The van der Waals surface area contributed by atoms with Crippen LogP contribution in [-0.2, 0) is 13.5 Å². The van der Waals surface area contributed by atoms with Crippen LogP contribution in [0.3, 0.4) is 0 Å². The van der Waals surface area contributed by atoms with Crippen LogP contribution >= 0.6 is 0 Å². The van der Waals surface area contributed by atoms with Gasteiger partial charge in [0, 0.05) is 23.3 Å². The van der Waals surface area contributed by atoms with Gasteiger partial charge in [-0.05, 0) is 41.3 Å². The summed E-state index contributed by atoms with van der Waals surface area (Å²) in [7, 11) is 2.05. The first kappa shape index (κ1) is 13.9. The Balaban J connectivity index is 1.99. The number of aryl methyl sites for hydroxylation is 2. The number of phenolic OH excluding ortho intramolecular Hbond substituents is 1. The van der Waals surface area contributed by atoms with Crippen molar-refractivity contribution in [2.45, 2.75) is 13.3 Å². The van der Waals surface area contributed by atoms with Crippen LogP contribution in [0.4, 0.5) is 0 Å². The Hall–Kier alpha value is -2.74. The van der Waals surface area contributed by atoms with Crippen molar-refractivity contribution in [2.24, 2.45) is 7.05 Å². The normalized spacial score (nSPS) is 11.4. The number of nitrogens with zero attached hydrogens (tertiary/aromatic N) is 1. The van der Waals surface area contributed by atoms with Crippen molar-refractivity contribution in [1.82, 2.24) is 4.57 Å². The van der Waals surface area contributed by atoms with Gasteiger partial charge in [0.05, 0.1) is 5.52 Å². The maximum absolute atomic E-state index is 10.6. The summed E-state index contributed by atoms with van der Waals surface area (Å²) in [4.78, 5) is 0. The summed E-state index contributed by atoms with van der Waals surface area (Å²) < 4.78 is 2.15. The van der Waals surface area contributed by atoms with Crippen LogP contribution in [0.15, 0.2) is 60.7 Å². The van der Waals surface area contributed by atoms with Gasteiger partial charge in [-0.15, -0.1) is 0 Å². The molecule has 23 heavy (non-hydrogen) atoms. The minimum atomic E-state index is 0.342. The molecule has 0 fully saturated rings. The van der Waals surface area contributed by atoms with Crippen molar-refractivity contribution in [1.29, 1.82) is 0 Å². The highest BCUT2D eigenvalue weighted by atomic mass is 16.3. The topological polar surface area (TPSA) is 25.2 Å². The minimum absolute atomic E-state index is 0.342. The second-order valence-electron chi connectivity index (χ2n) is 6.02. The van der Waals surface area contributed by atoms with Gasteiger partial charge in [-0.1, -0.05) is 49.4 Å². The smallest absolute Gasteiger partial charge is 0.126 e. The lowest BCUT2D eigenvalue weighted by atomic mass is 10.0. The highest BCUT2D eigenvalue weighted by molar-refractivity contribution is 6.12. The van der Waals surface area contributed by atoms with Crippen molar-refractivity contribution in [3.8, 4) is 16.9 Å². The summed E-state index contributed by atoms with van der Waals surface area (Å²) in [6, 6.07) is 20.8. The second kappa shape index (κ2) is 5.17. The van der Waals surface area contributed by atoms with Crippen LogP contribution in [0, 0.1) is 0 Å². The molecule has 0 aliphatic carbocycles. The van der Waals surface area contributed by atoms with Crippen LogP contribution in [0.25, 0.3) is 32.9 Å². The number of aromatic nitrogens is 1. The number of aromatic hydroxyl groups is 1. The summed E-state index contributed by atoms with van der Waals surface area (Å²) in [5.74, 6) is 0.342. The molecule has 0 spiro atoms. The van der Waals surface area contributed by atoms with E-state index in [2.05, 4.69) is 54.0 Å². The average Bonchev–Trinajstić information content (AvgIpc) is 2.88.